The Kier molecular flexibility index (Phi) is 6.78. The SMILES string of the molecule is N#Cc1ccc2c3ccccc3n(-c3cc(C(F)(F)F)c(-n4c5ccccc5c5ccc(C#N)cc54)cc3-c3cccc(C(F)(F)F)c3)c2c1. The van der Waals surface area contributed by atoms with Gasteiger partial charge in [0, 0.05) is 27.1 Å². The molecule has 6 aromatic carbocycles. The lowest BCUT2D eigenvalue weighted by molar-refractivity contribution is -0.138. The van der Waals surface area contributed by atoms with E-state index in [1.54, 1.807) is 83.4 Å². The number of nitrogens with zero attached hydrogens (tertiary/aromatic N) is 4. The lowest BCUT2D eigenvalue weighted by Gasteiger charge is -2.22. The third kappa shape index (κ3) is 4.76. The molecule has 0 saturated carbocycles. The Labute approximate surface area is 279 Å². The third-order valence-electron chi connectivity index (χ3n) is 9.01. The minimum absolute atomic E-state index is 0.0276. The third-order valence-corrected chi connectivity index (χ3v) is 9.01. The second-order valence-corrected chi connectivity index (χ2v) is 11.9. The minimum atomic E-state index is -4.93. The Morgan fingerprint density at radius 1 is 0.460 bits per heavy atom. The first kappa shape index (κ1) is 30.8. The van der Waals surface area contributed by atoms with Crippen LogP contribution in [0.4, 0.5) is 26.3 Å². The molecule has 50 heavy (non-hydrogen) atoms. The molecule has 0 bridgehead atoms. The molecule has 0 fully saturated rings. The van der Waals surface area contributed by atoms with Gasteiger partial charge in [0.15, 0.2) is 0 Å². The molecular weight excluding hydrogens is 650 g/mol. The maximum atomic E-state index is 15.4. The van der Waals surface area contributed by atoms with Crippen LogP contribution in [0.3, 0.4) is 0 Å². The predicted molar refractivity (Wildman–Crippen MR) is 180 cm³/mol. The van der Waals surface area contributed by atoms with Crippen LogP contribution in [0.15, 0.2) is 121 Å². The molecule has 10 heteroatoms. The Morgan fingerprint density at radius 2 is 0.980 bits per heavy atom. The summed E-state index contributed by atoms with van der Waals surface area (Å²) in [5, 5.41) is 22.0. The highest BCUT2D eigenvalue weighted by Crippen LogP contribution is 2.45. The van der Waals surface area contributed by atoms with Crippen molar-refractivity contribution in [3.05, 3.63) is 144 Å². The van der Waals surface area contributed by atoms with Crippen LogP contribution in [0.2, 0.25) is 0 Å². The van der Waals surface area contributed by atoms with Gasteiger partial charge in [-0.2, -0.15) is 36.9 Å². The van der Waals surface area contributed by atoms with Gasteiger partial charge in [-0.3, -0.25) is 0 Å². The Morgan fingerprint density at radius 3 is 1.50 bits per heavy atom. The molecule has 0 atom stereocenters. The maximum Gasteiger partial charge on any atom is 0.418 e. The van der Waals surface area contributed by atoms with Crippen molar-refractivity contribution in [2.24, 2.45) is 0 Å². The van der Waals surface area contributed by atoms with Crippen LogP contribution >= 0.6 is 0 Å². The van der Waals surface area contributed by atoms with E-state index < -0.39 is 23.5 Å². The molecule has 0 saturated heterocycles. The minimum Gasteiger partial charge on any atom is -0.309 e. The van der Waals surface area contributed by atoms with E-state index >= 15 is 13.2 Å². The van der Waals surface area contributed by atoms with Gasteiger partial charge in [0.2, 0.25) is 0 Å². The molecule has 2 heterocycles. The predicted octanol–water partition coefficient (Wildman–Crippen LogP) is 11.3. The number of hydrogen-bond acceptors (Lipinski definition) is 2. The molecule has 0 amide bonds. The number of halogens is 6. The molecule has 0 spiro atoms. The van der Waals surface area contributed by atoms with Crippen molar-refractivity contribution in [3.8, 4) is 34.6 Å². The number of hydrogen-bond donors (Lipinski definition) is 0. The molecule has 242 valence electrons. The maximum absolute atomic E-state index is 15.4. The van der Waals surface area contributed by atoms with Crippen LogP contribution in [-0.4, -0.2) is 9.13 Å². The zero-order valence-electron chi connectivity index (χ0n) is 25.6. The summed E-state index contributed by atoms with van der Waals surface area (Å²) in [5.41, 5.74) is -0.0995. The largest absolute Gasteiger partial charge is 0.418 e. The molecule has 0 unspecified atom stereocenters. The van der Waals surface area contributed by atoms with Crippen molar-refractivity contribution < 1.29 is 26.3 Å². The number of alkyl halides is 6. The average Bonchev–Trinajstić information content (AvgIpc) is 3.62. The van der Waals surface area contributed by atoms with Gasteiger partial charge >= 0.3 is 12.4 Å². The summed E-state index contributed by atoms with van der Waals surface area (Å²) in [6.45, 7) is 0. The van der Waals surface area contributed by atoms with Crippen LogP contribution in [0.5, 0.6) is 0 Å². The van der Waals surface area contributed by atoms with Crippen molar-refractivity contribution in [2.75, 3.05) is 0 Å². The highest BCUT2D eigenvalue weighted by atomic mass is 19.4. The molecular formula is C40H20F6N4. The van der Waals surface area contributed by atoms with Gasteiger partial charge in [0.05, 0.1) is 67.8 Å². The van der Waals surface area contributed by atoms with Crippen LogP contribution in [-0.2, 0) is 12.4 Å². The van der Waals surface area contributed by atoms with Gasteiger partial charge in [-0.25, -0.2) is 0 Å². The summed E-state index contributed by atoms with van der Waals surface area (Å²) in [6, 6.07) is 34.3. The Bertz CT molecular complexity index is 2770. The van der Waals surface area contributed by atoms with Crippen LogP contribution in [0, 0.1) is 22.7 Å². The van der Waals surface area contributed by atoms with Crippen LogP contribution in [0.25, 0.3) is 66.1 Å². The zero-order chi connectivity index (χ0) is 34.9. The van der Waals surface area contributed by atoms with E-state index in [0.29, 0.717) is 43.6 Å². The summed E-state index contributed by atoms with van der Waals surface area (Å²) in [4.78, 5) is 0. The van der Waals surface area contributed by atoms with Gasteiger partial charge in [-0.15, -0.1) is 0 Å². The first-order valence-electron chi connectivity index (χ1n) is 15.3. The summed E-state index contributed by atoms with van der Waals surface area (Å²) in [5.74, 6) is 0. The summed E-state index contributed by atoms with van der Waals surface area (Å²) in [7, 11) is 0. The van der Waals surface area contributed by atoms with E-state index in [1.165, 1.54) is 28.8 Å². The van der Waals surface area contributed by atoms with Crippen LogP contribution < -0.4 is 0 Å². The van der Waals surface area contributed by atoms with Gasteiger partial charge in [0.1, 0.15) is 0 Å². The smallest absolute Gasteiger partial charge is 0.309 e. The van der Waals surface area contributed by atoms with E-state index in [-0.39, 0.29) is 33.6 Å². The quantitative estimate of drug-likeness (QED) is 0.176. The number of rotatable bonds is 3. The molecule has 2 aromatic heterocycles. The molecule has 4 nitrogen and oxygen atoms in total. The van der Waals surface area contributed by atoms with Crippen molar-refractivity contribution in [3.63, 3.8) is 0 Å². The number of benzene rings is 6. The number of fused-ring (bicyclic) bond motifs is 6. The Balaban J connectivity index is 1.58. The molecule has 8 aromatic rings. The average molecular weight is 671 g/mol. The Hall–Kier alpha value is -6.52. The fraction of sp³-hybridized carbons (Fsp3) is 0.0500. The van der Waals surface area contributed by atoms with E-state index in [1.807, 2.05) is 6.07 Å². The fourth-order valence-corrected chi connectivity index (χ4v) is 6.87. The van der Waals surface area contributed by atoms with Crippen LogP contribution in [0.1, 0.15) is 22.3 Å². The number of para-hydroxylation sites is 2. The van der Waals surface area contributed by atoms with Crippen molar-refractivity contribution >= 4 is 43.6 Å². The second-order valence-electron chi connectivity index (χ2n) is 11.9. The number of nitriles is 2. The molecule has 8 rings (SSSR count). The second kappa shape index (κ2) is 11.0. The van der Waals surface area contributed by atoms with Gasteiger partial charge < -0.3 is 9.13 Å². The van der Waals surface area contributed by atoms with E-state index in [0.717, 1.165) is 18.2 Å². The standard InChI is InChI=1S/C40H20F6N4/c41-39(42,43)26-7-5-6-25(18-26)31-19-38(50-34-11-4-2-9-28(34)30-15-13-24(22-48)17-36(30)50)32(40(44,45)46)20-37(31)49-33-10-3-1-8-27(33)29-14-12-23(21-47)16-35(29)49/h1-20H. The van der Waals surface area contributed by atoms with Crippen molar-refractivity contribution in [2.45, 2.75) is 12.4 Å². The van der Waals surface area contributed by atoms with Crippen molar-refractivity contribution in [1.82, 2.24) is 9.13 Å². The highest BCUT2D eigenvalue weighted by Gasteiger charge is 2.37. The first-order chi connectivity index (χ1) is 24.0. The normalized spacial score (nSPS) is 12.2. The van der Waals surface area contributed by atoms with Gasteiger partial charge in [-0.05, 0) is 66.2 Å². The van der Waals surface area contributed by atoms with E-state index in [4.69, 9.17) is 0 Å². The van der Waals surface area contributed by atoms with Gasteiger partial charge in [-0.1, -0.05) is 60.7 Å². The van der Waals surface area contributed by atoms with Crippen molar-refractivity contribution in [1.29, 1.82) is 10.5 Å². The highest BCUT2D eigenvalue weighted by molar-refractivity contribution is 6.11. The molecule has 0 aliphatic heterocycles. The van der Waals surface area contributed by atoms with E-state index in [2.05, 4.69) is 6.07 Å². The molecule has 0 radical (unpaired) electrons. The summed E-state index contributed by atoms with van der Waals surface area (Å²) in [6.07, 6.45) is -9.66. The monoisotopic (exact) mass is 670 g/mol. The zero-order valence-corrected chi connectivity index (χ0v) is 25.6. The topological polar surface area (TPSA) is 57.4 Å². The molecule has 0 N–H and O–H groups in total. The summed E-state index contributed by atoms with van der Waals surface area (Å²) >= 11 is 0. The lowest BCUT2D eigenvalue weighted by Crippen LogP contribution is -2.13. The summed E-state index contributed by atoms with van der Waals surface area (Å²) < 4.78 is 91.6. The number of aromatic nitrogens is 2. The first-order valence-corrected chi connectivity index (χ1v) is 15.3. The fourth-order valence-electron chi connectivity index (χ4n) is 6.87. The van der Waals surface area contributed by atoms with E-state index in [9.17, 15) is 23.7 Å². The lowest BCUT2D eigenvalue weighted by atomic mass is 9.97. The molecule has 0 aliphatic rings. The van der Waals surface area contributed by atoms with Gasteiger partial charge in [0.25, 0.3) is 0 Å². The molecule has 0 aliphatic carbocycles.